The standard InChI is InChI=1S/C21H27FO5/c1-11-8-15-14-5-4-12-9-13(23)6-7-18(12,2)20(14,22)16(24)10-19(15,3)21(11,27)17(25)26/h6-7,9,11,14-16,24,27H,4-5,8,10H2,1-3H3,(H,25,26)/t11?,14?,15?,16-,18?,19?,20-,21-/m0/s1. The number of allylic oxidation sites excluding steroid dienone is 4. The molecule has 27 heavy (non-hydrogen) atoms. The number of carbonyl (C=O) groups is 2. The molecule has 4 rings (SSSR count). The number of rotatable bonds is 1. The fourth-order valence-corrected chi connectivity index (χ4v) is 7.00. The van der Waals surface area contributed by atoms with Crippen molar-refractivity contribution in [1.82, 2.24) is 0 Å². The molecular weight excluding hydrogens is 351 g/mol. The summed E-state index contributed by atoms with van der Waals surface area (Å²) in [5.74, 6) is -2.94. The molecular formula is C21H27FO5. The van der Waals surface area contributed by atoms with E-state index in [0.717, 1.165) is 0 Å². The Hall–Kier alpha value is -1.53. The predicted molar refractivity (Wildman–Crippen MR) is 95.5 cm³/mol. The second-order valence-corrected chi connectivity index (χ2v) is 9.47. The quantitative estimate of drug-likeness (QED) is 0.651. The lowest BCUT2D eigenvalue weighted by Gasteiger charge is -2.62. The number of hydrogen-bond donors (Lipinski definition) is 3. The van der Waals surface area contributed by atoms with Gasteiger partial charge in [0.2, 0.25) is 0 Å². The van der Waals surface area contributed by atoms with Gasteiger partial charge in [0.25, 0.3) is 0 Å². The fraction of sp³-hybridized carbons (Fsp3) is 0.714. The molecule has 3 saturated carbocycles. The zero-order chi connectivity index (χ0) is 20.0. The summed E-state index contributed by atoms with van der Waals surface area (Å²) >= 11 is 0. The van der Waals surface area contributed by atoms with Gasteiger partial charge >= 0.3 is 5.97 Å². The molecule has 0 spiro atoms. The van der Waals surface area contributed by atoms with Gasteiger partial charge in [-0.3, -0.25) is 4.79 Å². The topological polar surface area (TPSA) is 94.8 Å². The van der Waals surface area contributed by atoms with Crippen molar-refractivity contribution in [2.45, 2.75) is 63.8 Å². The van der Waals surface area contributed by atoms with E-state index in [0.29, 0.717) is 24.8 Å². The summed E-state index contributed by atoms with van der Waals surface area (Å²) in [5, 5.41) is 31.9. The number of fused-ring (bicyclic) bond motifs is 5. The Kier molecular flexibility index (Phi) is 3.69. The van der Waals surface area contributed by atoms with Crippen molar-refractivity contribution in [2.24, 2.45) is 28.6 Å². The summed E-state index contributed by atoms with van der Waals surface area (Å²) in [7, 11) is 0. The van der Waals surface area contributed by atoms with Crippen molar-refractivity contribution >= 4 is 11.8 Å². The molecule has 0 heterocycles. The van der Waals surface area contributed by atoms with Crippen molar-refractivity contribution < 1.29 is 29.3 Å². The molecule has 0 aromatic rings. The molecule has 0 aliphatic heterocycles. The second kappa shape index (κ2) is 5.29. The number of carboxylic acids is 1. The van der Waals surface area contributed by atoms with Crippen molar-refractivity contribution in [3.63, 3.8) is 0 Å². The van der Waals surface area contributed by atoms with Gasteiger partial charge in [-0.15, -0.1) is 0 Å². The van der Waals surface area contributed by atoms with Crippen molar-refractivity contribution in [3.8, 4) is 0 Å². The molecule has 6 heteroatoms. The Bertz CT molecular complexity index is 789. The third-order valence-corrected chi connectivity index (χ3v) is 8.55. The summed E-state index contributed by atoms with van der Waals surface area (Å²) in [5.41, 5.74) is -5.51. The maximum Gasteiger partial charge on any atom is 0.336 e. The van der Waals surface area contributed by atoms with Crippen molar-refractivity contribution in [3.05, 3.63) is 23.8 Å². The third kappa shape index (κ3) is 1.91. The summed E-state index contributed by atoms with van der Waals surface area (Å²) in [4.78, 5) is 23.8. The minimum atomic E-state index is -2.00. The second-order valence-electron chi connectivity index (χ2n) is 9.47. The molecule has 4 aliphatic carbocycles. The molecule has 0 radical (unpaired) electrons. The van der Waals surface area contributed by atoms with Crippen LogP contribution < -0.4 is 0 Å². The van der Waals surface area contributed by atoms with E-state index in [1.54, 1.807) is 26.8 Å². The summed E-state index contributed by atoms with van der Waals surface area (Å²) in [6.07, 6.45) is 4.22. The Balaban J connectivity index is 1.85. The Morgan fingerprint density at radius 3 is 2.59 bits per heavy atom. The largest absolute Gasteiger partial charge is 0.479 e. The predicted octanol–water partition coefficient (Wildman–Crippen LogP) is 2.42. The molecule has 4 aliphatic rings. The van der Waals surface area contributed by atoms with Crippen LogP contribution in [0.2, 0.25) is 0 Å². The molecule has 5 nitrogen and oxygen atoms in total. The van der Waals surface area contributed by atoms with Crippen LogP contribution in [-0.2, 0) is 9.59 Å². The first-order valence-corrected chi connectivity index (χ1v) is 9.70. The van der Waals surface area contributed by atoms with Gasteiger partial charge in [0.1, 0.15) is 0 Å². The highest BCUT2D eigenvalue weighted by molar-refractivity contribution is 6.01. The van der Waals surface area contributed by atoms with E-state index < -0.39 is 46.0 Å². The van der Waals surface area contributed by atoms with Crippen molar-refractivity contribution in [2.75, 3.05) is 0 Å². The first-order chi connectivity index (χ1) is 12.4. The van der Waals surface area contributed by atoms with Gasteiger partial charge in [-0.05, 0) is 56.6 Å². The molecule has 0 saturated heterocycles. The average Bonchev–Trinajstić information content (AvgIpc) is 2.79. The number of halogens is 1. The van der Waals surface area contributed by atoms with Gasteiger partial charge in [-0.1, -0.05) is 25.5 Å². The Morgan fingerprint density at radius 1 is 1.30 bits per heavy atom. The lowest BCUT2D eigenvalue weighted by molar-refractivity contribution is -0.225. The van der Waals surface area contributed by atoms with Crippen LogP contribution in [0.4, 0.5) is 4.39 Å². The number of aliphatic hydroxyl groups is 2. The van der Waals surface area contributed by atoms with Crippen LogP contribution in [0.5, 0.6) is 0 Å². The van der Waals surface area contributed by atoms with E-state index in [2.05, 4.69) is 0 Å². The molecule has 0 aromatic carbocycles. The highest BCUT2D eigenvalue weighted by Crippen LogP contribution is 2.70. The normalized spacial score (nSPS) is 54.0. The number of ketones is 1. The maximum atomic E-state index is 16.8. The molecule has 148 valence electrons. The van der Waals surface area contributed by atoms with Gasteiger partial charge < -0.3 is 15.3 Å². The monoisotopic (exact) mass is 378 g/mol. The molecule has 0 amide bonds. The van der Waals surface area contributed by atoms with Crippen LogP contribution in [0.3, 0.4) is 0 Å². The lowest BCUT2D eigenvalue weighted by atomic mass is 9.45. The molecule has 3 fully saturated rings. The fourth-order valence-electron chi connectivity index (χ4n) is 7.00. The van der Waals surface area contributed by atoms with Crippen LogP contribution in [0.25, 0.3) is 0 Å². The molecule has 3 N–H and O–H groups in total. The average molecular weight is 378 g/mol. The number of alkyl halides is 1. The molecule has 0 aromatic heterocycles. The maximum absolute atomic E-state index is 16.8. The minimum absolute atomic E-state index is 0.123. The Morgan fingerprint density at radius 2 is 1.96 bits per heavy atom. The lowest BCUT2D eigenvalue weighted by Crippen LogP contribution is -2.69. The zero-order valence-corrected chi connectivity index (χ0v) is 15.9. The number of aliphatic hydroxyl groups excluding tert-OH is 1. The van der Waals surface area contributed by atoms with Crippen LogP contribution in [0.1, 0.15) is 46.5 Å². The highest BCUT2D eigenvalue weighted by Gasteiger charge is 2.76. The number of carboxylic acid groups (broad SMARTS) is 1. The molecule has 5 unspecified atom stereocenters. The zero-order valence-electron chi connectivity index (χ0n) is 15.9. The van der Waals surface area contributed by atoms with Gasteiger partial charge in [-0.25, -0.2) is 9.18 Å². The molecule has 8 atom stereocenters. The first-order valence-electron chi connectivity index (χ1n) is 9.70. The van der Waals surface area contributed by atoms with Crippen LogP contribution in [-0.4, -0.2) is 44.4 Å². The number of hydrogen-bond acceptors (Lipinski definition) is 4. The summed E-state index contributed by atoms with van der Waals surface area (Å²) < 4.78 is 16.8. The first kappa shape index (κ1) is 18.8. The number of carbonyl (C=O) groups excluding carboxylic acids is 1. The van der Waals surface area contributed by atoms with E-state index in [4.69, 9.17) is 0 Å². The van der Waals surface area contributed by atoms with E-state index in [1.807, 2.05) is 0 Å². The van der Waals surface area contributed by atoms with E-state index in [9.17, 15) is 24.9 Å². The van der Waals surface area contributed by atoms with Crippen LogP contribution in [0.15, 0.2) is 23.8 Å². The van der Waals surface area contributed by atoms with E-state index in [1.165, 1.54) is 12.2 Å². The Labute approximate surface area is 158 Å². The SMILES string of the molecule is CC1CC2C3CCC4=CC(=O)C=CC4(C)[C@@]3(F)[C@@H](O)CC2(C)[C@@]1(O)C(=O)O. The van der Waals surface area contributed by atoms with Gasteiger partial charge in [0.15, 0.2) is 17.1 Å². The minimum Gasteiger partial charge on any atom is -0.479 e. The molecule has 0 bridgehead atoms. The summed E-state index contributed by atoms with van der Waals surface area (Å²) in [6, 6.07) is 0. The van der Waals surface area contributed by atoms with Crippen LogP contribution >= 0.6 is 0 Å². The van der Waals surface area contributed by atoms with Gasteiger partial charge in [-0.2, -0.15) is 0 Å². The summed E-state index contributed by atoms with van der Waals surface area (Å²) in [6.45, 7) is 5.10. The van der Waals surface area contributed by atoms with Gasteiger partial charge in [0, 0.05) is 16.7 Å². The number of aliphatic carboxylic acids is 1. The smallest absolute Gasteiger partial charge is 0.336 e. The third-order valence-electron chi connectivity index (χ3n) is 8.55. The van der Waals surface area contributed by atoms with E-state index >= 15 is 4.39 Å². The van der Waals surface area contributed by atoms with Gasteiger partial charge in [0.05, 0.1) is 6.10 Å². The highest BCUT2D eigenvalue weighted by atomic mass is 19.1. The van der Waals surface area contributed by atoms with Crippen molar-refractivity contribution in [1.29, 1.82) is 0 Å². The van der Waals surface area contributed by atoms with E-state index in [-0.39, 0.29) is 18.1 Å². The van der Waals surface area contributed by atoms with Crippen LogP contribution in [0, 0.1) is 28.6 Å².